The second-order valence-electron chi connectivity index (χ2n) is 6.03. The Morgan fingerprint density at radius 2 is 2.16 bits per heavy atom. The first kappa shape index (κ1) is 17.0. The lowest BCUT2D eigenvalue weighted by Gasteiger charge is -2.10. The number of aromatic nitrogens is 2. The number of carboxylic acid groups (broad SMARTS) is 1. The molecule has 0 saturated heterocycles. The van der Waals surface area contributed by atoms with E-state index in [0.29, 0.717) is 18.0 Å². The van der Waals surface area contributed by atoms with Gasteiger partial charge in [-0.05, 0) is 30.5 Å². The number of hydrogen-bond donors (Lipinski definition) is 2. The second-order valence-corrected chi connectivity index (χ2v) is 6.03. The summed E-state index contributed by atoms with van der Waals surface area (Å²) in [5.41, 5.74) is 1.43. The number of carbonyl (C=O) groups is 2. The molecule has 1 amide bonds. The summed E-state index contributed by atoms with van der Waals surface area (Å²) in [6, 6.07) is 7.03. The van der Waals surface area contributed by atoms with Gasteiger partial charge in [-0.3, -0.25) is 4.79 Å². The van der Waals surface area contributed by atoms with E-state index in [1.807, 2.05) is 10.6 Å². The topological polar surface area (TPSA) is 93.4 Å². The Morgan fingerprint density at radius 3 is 3.00 bits per heavy atom. The lowest BCUT2D eigenvalue weighted by Crippen LogP contribution is -2.25. The SMILES string of the molecule is O=C(O)COc1cccc(CNC(=O)c2cnc3n2CCCCC3)c1. The molecule has 1 aromatic carbocycles. The molecule has 1 aliphatic heterocycles. The van der Waals surface area contributed by atoms with Crippen molar-refractivity contribution >= 4 is 11.9 Å². The molecule has 0 bridgehead atoms. The number of ether oxygens (including phenoxy) is 1. The number of carbonyl (C=O) groups excluding carboxylic acids is 1. The maximum absolute atomic E-state index is 12.5. The number of benzene rings is 1. The van der Waals surface area contributed by atoms with Crippen LogP contribution in [-0.2, 0) is 24.3 Å². The summed E-state index contributed by atoms with van der Waals surface area (Å²) in [5.74, 6) is 0.261. The number of amides is 1. The first-order valence-electron chi connectivity index (χ1n) is 8.39. The van der Waals surface area contributed by atoms with Gasteiger partial charge < -0.3 is 19.7 Å². The fourth-order valence-corrected chi connectivity index (χ4v) is 2.94. The maximum atomic E-state index is 12.5. The van der Waals surface area contributed by atoms with Crippen LogP contribution in [0.2, 0.25) is 0 Å². The molecule has 0 radical (unpaired) electrons. The van der Waals surface area contributed by atoms with Gasteiger partial charge in [0.1, 0.15) is 17.3 Å². The summed E-state index contributed by atoms with van der Waals surface area (Å²) >= 11 is 0. The predicted octanol–water partition coefficient (Wildman–Crippen LogP) is 2.00. The average Bonchev–Trinajstić information content (AvgIpc) is 2.87. The van der Waals surface area contributed by atoms with Crippen LogP contribution in [0.3, 0.4) is 0 Å². The molecule has 3 rings (SSSR count). The van der Waals surface area contributed by atoms with Gasteiger partial charge in [-0.25, -0.2) is 9.78 Å². The van der Waals surface area contributed by atoms with E-state index in [0.717, 1.165) is 43.6 Å². The Kier molecular flexibility index (Phi) is 5.33. The Morgan fingerprint density at radius 1 is 1.28 bits per heavy atom. The summed E-state index contributed by atoms with van der Waals surface area (Å²) in [6.07, 6.45) is 5.89. The number of hydrogen-bond acceptors (Lipinski definition) is 4. The van der Waals surface area contributed by atoms with Crippen molar-refractivity contribution < 1.29 is 19.4 Å². The van der Waals surface area contributed by atoms with Crippen LogP contribution in [0.25, 0.3) is 0 Å². The number of aryl methyl sites for hydroxylation is 1. The zero-order valence-corrected chi connectivity index (χ0v) is 13.9. The van der Waals surface area contributed by atoms with Crippen molar-refractivity contribution in [3.8, 4) is 5.75 Å². The van der Waals surface area contributed by atoms with Gasteiger partial charge in [-0.1, -0.05) is 18.6 Å². The Balaban J connectivity index is 1.62. The molecule has 0 atom stereocenters. The zero-order valence-electron chi connectivity index (χ0n) is 13.9. The molecule has 7 heteroatoms. The highest BCUT2D eigenvalue weighted by Gasteiger charge is 2.17. The normalized spacial score (nSPS) is 13.6. The number of imidazole rings is 1. The van der Waals surface area contributed by atoms with E-state index in [-0.39, 0.29) is 5.91 Å². The number of nitrogens with zero attached hydrogens (tertiary/aromatic N) is 2. The minimum absolute atomic E-state index is 0.155. The largest absolute Gasteiger partial charge is 0.482 e. The monoisotopic (exact) mass is 343 g/mol. The number of fused-ring (bicyclic) bond motifs is 1. The van der Waals surface area contributed by atoms with Gasteiger partial charge in [0.15, 0.2) is 6.61 Å². The van der Waals surface area contributed by atoms with E-state index in [4.69, 9.17) is 9.84 Å². The van der Waals surface area contributed by atoms with Gasteiger partial charge in [-0.15, -0.1) is 0 Å². The molecule has 2 heterocycles. The molecular weight excluding hydrogens is 322 g/mol. The van der Waals surface area contributed by atoms with Crippen LogP contribution >= 0.6 is 0 Å². The molecule has 25 heavy (non-hydrogen) atoms. The van der Waals surface area contributed by atoms with Crippen LogP contribution in [0.15, 0.2) is 30.5 Å². The highest BCUT2D eigenvalue weighted by molar-refractivity contribution is 5.92. The highest BCUT2D eigenvalue weighted by Crippen LogP contribution is 2.17. The first-order valence-corrected chi connectivity index (χ1v) is 8.39. The zero-order chi connectivity index (χ0) is 17.6. The summed E-state index contributed by atoms with van der Waals surface area (Å²) in [7, 11) is 0. The molecule has 0 fully saturated rings. The van der Waals surface area contributed by atoms with E-state index in [9.17, 15) is 9.59 Å². The quantitative estimate of drug-likeness (QED) is 0.837. The van der Waals surface area contributed by atoms with E-state index < -0.39 is 12.6 Å². The third-order valence-electron chi connectivity index (χ3n) is 4.17. The van der Waals surface area contributed by atoms with Crippen LogP contribution in [0.5, 0.6) is 5.75 Å². The third-order valence-corrected chi connectivity index (χ3v) is 4.17. The molecule has 1 aliphatic rings. The Labute approximate surface area is 145 Å². The maximum Gasteiger partial charge on any atom is 0.341 e. The fraction of sp³-hybridized carbons (Fsp3) is 0.389. The Bertz CT molecular complexity index is 769. The minimum atomic E-state index is -1.03. The van der Waals surface area contributed by atoms with Crippen molar-refractivity contribution in [3.05, 3.63) is 47.5 Å². The van der Waals surface area contributed by atoms with Crippen molar-refractivity contribution in [2.75, 3.05) is 6.61 Å². The molecule has 0 saturated carbocycles. The van der Waals surface area contributed by atoms with Crippen molar-refractivity contribution in [2.24, 2.45) is 0 Å². The molecule has 7 nitrogen and oxygen atoms in total. The van der Waals surface area contributed by atoms with E-state index in [2.05, 4.69) is 10.3 Å². The molecule has 132 valence electrons. The van der Waals surface area contributed by atoms with Gasteiger partial charge in [0.25, 0.3) is 5.91 Å². The number of aliphatic carboxylic acids is 1. The summed E-state index contributed by atoms with van der Waals surface area (Å²) in [5, 5.41) is 11.5. The molecule has 1 aromatic heterocycles. The second kappa shape index (κ2) is 7.83. The highest BCUT2D eigenvalue weighted by atomic mass is 16.5. The summed E-state index contributed by atoms with van der Waals surface area (Å²) < 4.78 is 7.16. The van der Waals surface area contributed by atoms with Gasteiger partial charge in [0, 0.05) is 19.5 Å². The van der Waals surface area contributed by atoms with E-state index >= 15 is 0 Å². The minimum Gasteiger partial charge on any atom is -0.482 e. The van der Waals surface area contributed by atoms with E-state index in [1.54, 1.807) is 24.4 Å². The first-order chi connectivity index (χ1) is 12.1. The van der Waals surface area contributed by atoms with Crippen LogP contribution in [0, 0.1) is 0 Å². The van der Waals surface area contributed by atoms with Gasteiger partial charge in [0.2, 0.25) is 0 Å². The summed E-state index contributed by atoms with van der Waals surface area (Å²) in [4.78, 5) is 27.4. The van der Waals surface area contributed by atoms with Crippen molar-refractivity contribution in [3.63, 3.8) is 0 Å². The number of nitrogens with one attached hydrogen (secondary N) is 1. The fourth-order valence-electron chi connectivity index (χ4n) is 2.94. The molecule has 0 aliphatic carbocycles. The van der Waals surface area contributed by atoms with Crippen molar-refractivity contribution in [2.45, 2.75) is 38.8 Å². The standard InChI is InChI=1S/C18H21N3O4/c22-17(23)12-25-14-6-4-5-13(9-14)10-20-18(24)15-11-19-16-7-2-1-3-8-21(15)16/h4-6,9,11H,1-3,7-8,10,12H2,(H,20,24)(H,22,23). The van der Waals surface area contributed by atoms with Crippen LogP contribution in [-0.4, -0.2) is 33.1 Å². The van der Waals surface area contributed by atoms with Gasteiger partial charge >= 0.3 is 5.97 Å². The van der Waals surface area contributed by atoms with Crippen molar-refractivity contribution in [1.29, 1.82) is 0 Å². The van der Waals surface area contributed by atoms with Crippen LogP contribution < -0.4 is 10.1 Å². The lowest BCUT2D eigenvalue weighted by atomic mass is 10.2. The molecular formula is C18H21N3O4. The summed E-state index contributed by atoms with van der Waals surface area (Å²) in [6.45, 7) is 0.776. The number of rotatable bonds is 6. The van der Waals surface area contributed by atoms with Crippen molar-refractivity contribution in [1.82, 2.24) is 14.9 Å². The molecule has 2 N–H and O–H groups in total. The lowest BCUT2D eigenvalue weighted by molar-refractivity contribution is -0.139. The molecule has 0 unspecified atom stereocenters. The van der Waals surface area contributed by atoms with Gasteiger partial charge in [0.05, 0.1) is 6.20 Å². The number of carboxylic acids is 1. The van der Waals surface area contributed by atoms with Gasteiger partial charge in [-0.2, -0.15) is 0 Å². The van der Waals surface area contributed by atoms with Crippen LogP contribution in [0.4, 0.5) is 0 Å². The average molecular weight is 343 g/mol. The van der Waals surface area contributed by atoms with E-state index in [1.165, 1.54) is 0 Å². The third kappa shape index (κ3) is 4.37. The van der Waals surface area contributed by atoms with Crippen LogP contribution in [0.1, 0.15) is 41.1 Å². The smallest absolute Gasteiger partial charge is 0.341 e. The Hall–Kier alpha value is -2.83. The molecule has 2 aromatic rings. The molecule has 0 spiro atoms. The predicted molar refractivity (Wildman–Crippen MR) is 90.5 cm³/mol.